The standard InChI is InChI=1S/C34H37F4N9O4S/c1-44-29-17-26(28(35)16-27(29)31(43-44)47-14-9-30(48)42-33(47)49)22-5-10-45(11-6-22)20-21-3-2-4-25(15-21)52(50,51)46-12-7-24(8-13-46)41-32-39-18-23(19-40-32)34(36,37)38/h2-4,15-19,22,24H,5-14,20H2,1H3,(H,39,40,41)(H,42,48,49). The molecule has 52 heavy (non-hydrogen) atoms. The number of fused-ring (bicyclic) bond motifs is 1. The van der Waals surface area contributed by atoms with E-state index in [1.54, 1.807) is 36.0 Å². The van der Waals surface area contributed by atoms with Crippen LogP contribution in [0.1, 0.15) is 54.7 Å². The Bertz CT molecular complexity index is 2090. The number of nitrogens with zero attached hydrogens (tertiary/aromatic N) is 7. The molecule has 2 aromatic carbocycles. The highest BCUT2D eigenvalue weighted by molar-refractivity contribution is 7.89. The molecule has 0 bridgehead atoms. The zero-order valence-electron chi connectivity index (χ0n) is 28.2. The summed E-state index contributed by atoms with van der Waals surface area (Å²) >= 11 is 0. The quantitative estimate of drug-likeness (QED) is 0.247. The topological polar surface area (TPSA) is 146 Å². The number of nitrogens with one attached hydrogen (secondary N) is 2. The molecule has 0 radical (unpaired) electrons. The molecule has 3 saturated heterocycles. The molecule has 0 unspecified atom stereocenters. The number of rotatable bonds is 8. The van der Waals surface area contributed by atoms with Crippen molar-refractivity contribution in [1.29, 1.82) is 0 Å². The largest absolute Gasteiger partial charge is 0.419 e. The number of urea groups is 1. The third-order valence-electron chi connectivity index (χ3n) is 10.00. The number of imide groups is 1. The Labute approximate surface area is 297 Å². The number of hydrogen-bond acceptors (Lipinski definition) is 9. The second kappa shape index (κ2) is 14.0. The molecule has 0 aliphatic carbocycles. The molecule has 3 amide bonds. The molecule has 3 aliphatic heterocycles. The first kappa shape index (κ1) is 35.7. The van der Waals surface area contributed by atoms with Gasteiger partial charge in [0.05, 0.1) is 16.0 Å². The van der Waals surface area contributed by atoms with Crippen LogP contribution in [-0.4, -0.2) is 88.1 Å². The van der Waals surface area contributed by atoms with Crippen molar-refractivity contribution >= 4 is 44.6 Å². The van der Waals surface area contributed by atoms with Crippen LogP contribution in [-0.2, 0) is 34.6 Å². The Morgan fingerprint density at radius 3 is 2.35 bits per heavy atom. The van der Waals surface area contributed by atoms with Gasteiger partial charge >= 0.3 is 12.2 Å². The van der Waals surface area contributed by atoms with Crippen molar-refractivity contribution in [2.75, 3.05) is 42.9 Å². The minimum Gasteiger partial charge on any atom is -0.351 e. The normalized spacial score (nSPS) is 19.0. The number of carbonyl (C=O) groups excluding carboxylic acids is 2. The van der Waals surface area contributed by atoms with Crippen LogP contribution in [0.25, 0.3) is 10.9 Å². The summed E-state index contributed by atoms with van der Waals surface area (Å²) in [6, 6.07) is 9.32. The third-order valence-corrected chi connectivity index (χ3v) is 11.9. The van der Waals surface area contributed by atoms with Gasteiger partial charge in [-0.05, 0) is 80.1 Å². The number of alkyl halides is 3. The second-order valence-corrected chi connectivity index (χ2v) is 15.3. The van der Waals surface area contributed by atoms with Gasteiger partial charge in [-0.3, -0.25) is 24.6 Å². The number of likely N-dealkylation sites (tertiary alicyclic amines) is 1. The number of piperidine rings is 2. The second-order valence-electron chi connectivity index (χ2n) is 13.4. The first-order valence-electron chi connectivity index (χ1n) is 17.0. The predicted octanol–water partition coefficient (Wildman–Crippen LogP) is 4.61. The molecule has 7 rings (SSSR count). The third kappa shape index (κ3) is 7.31. The number of sulfonamides is 1. The van der Waals surface area contributed by atoms with E-state index in [2.05, 4.69) is 30.6 Å². The van der Waals surface area contributed by atoms with E-state index in [1.165, 1.54) is 15.3 Å². The van der Waals surface area contributed by atoms with Crippen LogP contribution in [0.2, 0.25) is 0 Å². The fourth-order valence-corrected chi connectivity index (χ4v) is 8.68. The summed E-state index contributed by atoms with van der Waals surface area (Å²) in [5.74, 6) is -0.408. The van der Waals surface area contributed by atoms with Crippen molar-refractivity contribution in [2.24, 2.45) is 7.05 Å². The van der Waals surface area contributed by atoms with Crippen LogP contribution in [0.5, 0.6) is 0 Å². The van der Waals surface area contributed by atoms with Gasteiger partial charge in [-0.15, -0.1) is 0 Å². The maximum Gasteiger partial charge on any atom is 0.419 e. The Hall–Kier alpha value is -4.68. The first-order chi connectivity index (χ1) is 24.8. The van der Waals surface area contributed by atoms with Crippen LogP contribution < -0.4 is 15.5 Å². The van der Waals surface area contributed by atoms with Gasteiger partial charge in [0, 0.05) is 63.5 Å². The molecular formula is C34H37F4N9O4S. The lowest BCUT2D eigenvalue weighted by Crippen LogP contribution is -2.49. The van der Waals surface area contributed by atoms with E-state index in [9.17, 15) is 31.2 Å². The summed E-state index contributed by atoms with van der Waals surface area (Å²) < 4.78 is 84.3. The zero-order valence-corrected chi connectivity index (χ0v) is 29.1. The average Bonchev–Trinajstić information content (AvgIpc) is 3.42. The van der Waals surface area contributed by atoms with Gasteiger partial charge in [0.25, 0.3) is 0 Å². The fourth-order valence-electron chi connectivity index (χ4n) is 7.14. The predicted molar refractivity (Wildman–Crippen MR) is 182 cm³/mol. The van der Waals surface area contributed by atoms with Gasteiger partial charge in [0.2, 0.25) is 21.9 Å². The number of anilines is 2. The Kier molecular flexibility index (Phi) is 9.64. The van der Waals surface area contributed by atoms with Crippen LogP contribution in [0.4, 0.5) is 34.1 Å². The molecular weight excluding hydrogens is 706 g/mol. The van der Waals surface area contributed by atoms with Crippen LogP contribution in [0.3, 0.4) is 0 Å². The van der Waals surface area contributed by atoms with Gasteiger partial charge in [-0.2, -0.15) is 22.6 Å². The lowest BCUT2D eigenvalue weighted by Gasteiger charge is -2.33. The maximum atomic E-state index is 15.6. The van der Waals surface area contributed by atoms with Crippen LogP contribution >= 0.6 is 0 Å². The molecule has 0 atom stereocenters. The van der Waals surface area contributed by atoms with E-state index in [4.69, 9.17) is 0 Å². The number of aromatic nitrogens is 4. The van der Waals surface area contributed by atoms with E-state index in [0.717, 1.165) is 5.56 Å². The highest BCUT2D eigenvalue weighted by Gasteiger charge is 2.33. The van der Waals surface area contributed by atoms with Crippen LogP contribution in [0, 0.1) is 5.82 Å². The van der Waals surface area contributed by atoms with Gasteiger partial charge in [-0.25, -0.2) is 27.6 Å². The molecule has 3 aliphatic rings. The first-order valence-corrected chi connectivity index (χ1v) is 18.4. The van der Waals surface area contributed by atoms with E-state index in [1.807, 2.05) is 6.07 Å². The summed E-state index contributed by atoms with van der Waals surface area (Å²) in [7, 11) is -2.05. The molecule has 276 valence electrons. The summed E-state index contributed by atoms with van der Waals surface area (Å²) in [5, 5.41) is 10.2. The van der Waals surface area contributed by atoms with Crippen LogP contribution in [0.15, 0.2) is 53.7 Å². The van der Waals surface area contributed by atoms with Crippen molar-refractivity contribution in [2.45, 2.75) is 61.7 Å². The van der Waals surface area contributed by atoms with Crippen molar-refractivity contribution in [3.05, 3.63) is 71.3 Å². The molecule has 0 saturated carbocycles. The smallest absolute Gasteiger partial charge is 0.351 e. The Morgan fingerprint density at radius 2 is 1.67 bits per heavy atom. The average molecular weight is 744 g/mol. The Balaban J connectivity index is 0.946. The molecule has 5 heterocycles. The van der Waals surface area contributed by atoms with Gasteiger partial charge < -0.3 is 5.32 Å². The highest BCUT2D eigenvalue weighted by atomic mass is 32.2. The minimum atomic E-state index is -4.53. The molecule has 3 fully saturated rings. The monoisotopic (exact) mass is 743 g/mol. The molecule has 0 spiro atoms. The van der Waals surface area contributed by atoms with Crippen molar-refractivity contribution in [3.63, 3.8) is 0 Å². The SMILES string of the molecule is Cn1nc(N2CCC(=O)NC2=O)c2cc(F)c(C3CCN(Cc4cccc(S(=O)(=O)N5CCC(Nc6ncc(C(F)(F)F)cn6)CC5)c4)CC3)cc21. The lowest BCUT2D eigenvalue weighted by molar-refractivity contribution is -0.138. The van der Waals surface area contributed by atoms with E-state index < -0.39 is 27.8 Å². The lowest BCUT2D eigenvalue weighted by atomic mass is 9.88. The van der Waals surface area contributed by atoms with Gasteiger partial charge in [-0.1, -0.05) is 12.1 Å². The number of benzene rings is 2. The van der Waals surface area contributed by atoms with E-state index in [-0.39, 0.29) is 60.6 Å². The number of aryl methyl sites for hydroxylation is 1. The molecule has 13 nitrogen and oxygen atoms in total. The minimum absolute atomic E-state index is 0.0372. The zero-order chi connectivity index (χ0) is 36.8. The van der Waals surface area contributed by atoms with Gasteiger partial charge in [0.15, 0.2) is 5.82 Å². The highest BCUT2D eigenvalue weighted by Crippen LogP contribution is 2.36. The summed E-state index contributed by atoms with van der Waals surface area (Å²) in [6.07, 6.45) is -0.696. The summed E-state index contributed by atoms with van der Waals surface area (Å²) in [6.45, 7) is 2.52. The molecule has 2 aromatic heterocycles. The van der Waals surface area contributed by atoms with E-state index >= 15 is 4.39 Å². The summed E-state index contributed by atoms with van der Waals surface area (Å²) in [5.41, 5.74) is 1.17. The number of hydrogen-bond donors (Lipinski definition) is 2. The van der Waals surface area contributed by atoms with Gasteiger partial charge in [0.1, 0.15) is 5.82 Å². The number of amides is 3. The maximum absolute atomic E-state index is 15.6. The number of carbonyl (C=O) groups is 2. The van der Waals surface area contributed by atoms with Crippen molar-refractivity contribution < 1.29 is 35.6 Å². The summed E-state index contributed by atoms with van der Waals surface area (Å²) in [4.78, 5) is 35.3. The van der Waals surface area contributed by atoms with E-state index in [0.29, 0.717) is 80.0 Å². The Morgan fingerprint density at radius 1 is 0.962 bits per heavy atom. The fraction of sp³-hybridized carbons (Fsp3) is 0.441. The molecule has 4 aromatic rings. The van der Waals surface area contributed by atoms with Crippen molar-refractivity contribution in [1.82, 2.24) is 34.3 Å². The molecule has 2 N–H and O–H groups in total. The number of halogens is 4. The van der Waals surface area contributed by atoms with Crippen molar-refractivity contribution in [3.8, 4) is 0 Å². The molecule has 18 heteroatoms.